The first-order valence-electron chi connectivity index (χ1n) is 19.7. The molecule has 0 saturated carbocycles. The molecule has 0 N–H and O–H groups in total. The molecule has 0 radical (unpaired) electrons. The number of benzene rings is 9. The zero-order valence-electron chi connectivity index (χ0n) is 31.8. The number of fused-ring (bicyclic) bond motifs is 5. The van der Waals surface area contributed by atoms with Crippen molar-refractivity contribution in [2.24, 2.45) is 0 Å². The number of rotatable bonds is 6. The smallest absolute Gasteiger partial charge is 0.185 e. The van der Waals surface area contributed by atoms with E-state index < -0.39 is 11.4 Å². The van der Waals surface area contributed by atoms with Gasteiger partial charge in [-0.15, -0.1) is 0 Å². The quantitative estimate of drug-likeness (QED) is 0.169. The van der Waals surface area contributed by atoms with Crippen molar-refractivity contribution in [1.82, 2.24) is 15.0 Å². The van der Waals surface area contributed by atoms with Crippen LogP contribution in [0.15, 0.2) is 206 Å². The maximum Gasteiger partial charge on any atom is 0.185 e. The van der Waals surface area contributed by atoms with E-state index in [1.54, 1.807) is 6.07 Å². The molecule has 278 valence electrons. The molecule has 4 nitrogen and oxygen atoms in total. The van der Waals surface area contributed by atoms with Gasteiger partial charge in [0.1, 0.15) is 11.6 Å². The van der Waals surface area contributed by atoms with Crippen LogP contribution in [0.2, 0.25) is 0 Å². The molecule has 0 bridgehead atoms. The summed E-state index contributed by atoms with van der Waals surface area (Å²) in [6.45, 7) is 0. The summed E-state index contributed by atoms with van der Waals surface area (Å²) < 4.78 is 23.4. The van der Waals surface area contributed by atoms with Crippen LogP contribution in [0.25, 0.3) is 78.0 Å². The van der Waals surface area contributed by atoms with Crippen molar-refractivity contribution in [3.05, 3.63) is 229 Å². The molecule has 0 aliphatic carbocycles. The molecular formula is C54H34FN3O. The second-order valence-electron chi connectivity index (χ2n) is 14.9. The highest BCUT2D eigenvalue weighted by Gasteiger charge is 2.44. The third-order valence-electron chi connectivity index (χ3n) is 11.4. The fourth-order valence-electron chi connectivity index (χ4n) is 8.67. The Morgan fingerprint density at radius 2 is 0.881 bits per heavy atom. The Kier molecular flexibility index (Phi) is 8.19. The lowest BCUT2D eigenvalue weighted by Crippen LogP contribution is -2.38. The normalized spacial score (nSPS) is 12.8. The Morgan fingerprint density at radius 1 is 0.373 bits per heavy atom. The molecule has 5 heteroatoms. The van der Waals surface area contributed by atoms with Crippen LogP contribution in [-0.2, 0) is 5.60 Å². The van der Waals surface area contributed by atoms with E-state index in [9.17, 15) is 0 Å². The molecule has 0 spiro atoms. The summed E-state index contributed by atoms with van der Waals surface area (Å²) in [5.41, 5.74) is 7.99. The van der Waals surface area contributed by atoms with Crippen LogP contribution < -0.4 is 4.74 Å². The van der Waals surface area contributed by atoms with Gasteiger partial charge in [-0.2, -0.15) is 0 Å². The summed E-state index contributed by atoms with van der Waals surface area (Å²) >= 11 is 0. The van der Waals surface area contributed by atoms with Gasteiger partial charge in [-0.1, -0.05) is 182 Å². The number of halogens is 1. The number of aromatic nitrogens is 3. The maximum atomic E-state index is 16.1. The molecule has 59 heavy (non-hydrogen) atoms. The molecule has 2 heterocycles. The Hall–Kier alpha value is -7.76. The molecule has 11 rings (SSSR count). The average Bonchev–Trinajstić information content (AvgIpc) is 3.31. The summed E-state index contributed by atoms with van der Waals surface area (Å²) in [5.74, 6) is 1.71. The molecular weight excluding hydrogens is 726 g/mol. The summed E-state index contributed by atoms with van der Waals surface area (Å²) in [5, 5.41) is 4.20. The van der Waals surface area contributed by atoms with Gasteiger partial charge < -0.3 is 4.74 Å². The Labute approximate surface area is 340 Å². The topological polar surface area (TPSA) is 47.9 Å². The summed E-state index contributed by atoms with van der Waals surface area (Å²) in [6, 6.07) is 68.9. The van der Waals surface area contributed by atoms with Crippen molar-refractivity contribution in [1.29, 1.82) is 0 Å². The lowest BCUT2D eigenvalue weighted by Gasteiger charge is -2.41. The zero-order chi connectivity index (χ0) is 39.3. The highest BCUT2D eigenvalue weighted by molar-refractivity contribution is 5.97. The zero-order valence-corrected chi connectivity index (χ0v) is 31.8. The van der Waals surface area contributed by atoms with Crippen molar-refractivity contribution in [3.8, 4) is 62.2 Å². The van der Waals surface area contributed by atoms with Gasteiger partial charge in [0.2, 0.25) is 0 Å². The molecule has 0 atom stereocenters. The van der Waals surface area contributed by atoms with Crippen molar-refractivity contribution in [2.45, 2.75) is 5.60 Å². The third kappa shape index (κ3) is 5.86. The summed E-state index contributed by atoms with van der Waals surface area (Å²) in [4.78, 5) is 15.2. The van der Waals surface area contributed by atoms with Crippen LogP contribution in [0.4, 0.5) is 4.39 Å². The van der Waals surface area contributed by atoms with Crippen LogP contribution in [0, 0.1) is 5.82 Å². The standard InChI is InChI=1S/C54H34FN3O/c55-42-32-38(37-29-30-46-45-25-11-12-28-49(45)54(59-50(46)34-37,40-19-3-1-4-20-40)41-21-5-2-6-22-41)31-39(33-42)51-56-52(47-26-13-17-35-15-7-9-23-43(35)47)58-53(57-51)48-27-14-18-36-16-8-10-24-44(36)48/h1-34H. The number of ether oxygens (including phenoxy) is 1. The van der Waals surface area contributed by atoms with E-state index in [4.69, 9.17) is 19.7 Å². The van der Waals surface area contributed by atoms with E-state index in [1.807, 2.05) is 103 Å². The van der Waals surface area contributed by atoms with E-state index >= 15 is 4.39 Å². The SMILES string of the molecule is Fc1cc(-c2ccc3c(c2)OC(c2ccccc2)(c2ccccc2)c2ccccc2-3)cc(-c2nc(-c3cccc4ccccc34)nc(-c3cccc4ccccc34)n2)c1. The van der Waals surface area contributed by atoms with Crippen molar-refractivity contribution >= 4 is 21.5 Å². The Balaban J connectivity index is 1.08. The fraction of sp³-hybridized carbons (Fsp3) is 0.0185. The Bertz CT molecular complexity index is 3070. The molecule has 0 fully saturated rings. The van der Waals surface area contributed by atoms with Crippen molar-refractivity contribution < 1.29 is 9.13 Å². The van der Waals surface area contributed by atoms with Crippen LogP contribution in [0.3, 0.4) is 0 Å². The van der Waals surface area contributed by atoms with Gasteiger partial charge in [0, 0.05) is 38.9 Å². The predicted molar refractivity (Wildman–Crippen MR) is 235 cm³/mol. The van der Waals surface area contributed by atoms with Gasteiger partial charge in [-0.3, -0.25) is 0 Å². The first-order chi connectivity index (χ1) is 29.1. The second-order valence-corrected chi connectivity index (χ2v) is 14.9. The summed E-state index contributed by atoms with van der Waals surface area (Å²) in [6.07, 6.45) is 0. The molecule has 1 aliphatic heterocycles. The van der Waals surface area contributed by atoms with Gasteiger partial charge in [-0.25, -0.2) is 19.3 Å². The first kappa shape index (κ1) is 34.5. The molecule has 1 aromatic heterocycles. The monoisotopic (exact) mass is 759 g/mol. The van der Waals surface area contributed by atoms with Crippen LogP contribution in [-0.4, -0.2) is 15.0 Å². The number of hydrogen-bond donors (Lipinski definition) is 0. The lowest BCUT2D eigenvalue weighted by molar-refractivity contribution is 0.152. The average molecular weight is 760 g/mol. The van der Waals surface area contributed by atoms with Crippen LogP contribution >= 0.6 is 0 Å². The first-order valence-corrected chi connectivity index (χ1v) is 19.7. The minimum Gasteiger partial charge on any atom is -0.472 e. The van der Waals surface area contributed by atoms with Crippen LogP contribution in [0.5, 0.6) is 5.75 Å². The van der Waals surface area contributed by atoms with E-state index in [0.29, 0.717) is 34.3 Å². The molecule has 1 aliphatic rings. The highest BCUT2D eigenvalue weighted by Crippen LogP contribution is 2.52. The number of nitrogens with zero attached hydrogens (tertiary/aromatic N) is 3. The minimum atomic E-state index is -0.918. The molecule has 10 aromatic rings. The van der Waals surface area contributed by atoms with E-state index in [-0.39, 0.29) is 0 Å². The predicted octanol–water partition coefficient (Wildman–Crippen LogP) is 13.3. The van der Waals surface area contributed by atoms with E-state index in [2.05, 4.69) is 91.0 Å². The van der Waals surface area contributed by atoms with Gasteiger partial charge >= 0.3 is 0 Å². The Morgan fingerprint density at radius 3 is 1.53 bits per heavy atom. The second kappa shape index (κ2) is 14.0. The van der Waals surface area contributed by atoms with E-state index in [1.165, 1.54) is 6.07 Å². The fourth-order valence-corrected chi connectivity index (χ4v) is 8.67. The number of hydrogen-bond acceptors (Lipinski definition) is 4. The van der Waals surface area contributed by atoms with Gasteiger partial charge in [0.15, 0.2) is 23.1 Å². The lowest BCUT2D eigenvalue weighted by atomic mass is 9.75. The third-order valence-corrected chi connectivity index (χ3v) is 11.4. The van der Waals surface area contributed by atoms with E-state index in [0.717, 1.165) is 66.1 Å². The molecule has 0 saturated heterocycles. The largest absolute Gasteiger partial charge is 0.472 e. The van der Waals surface area contributed by atoms with Crippen molar-refractivity contribution in [3.63, 3.8) is 0 Å². The van der Waals surface area contributed by atoms with Gasteiger partial charge in [0.05, 0.1) is 0 Å². The minimum absolute atomic E-state index is 0.377. The molecule has 0 unspecified atom stereocenters. The maximum absolute atomic E-state index is 16.1. The van der Waals surface area contributed by atoms with Crippen LogP contribution in [0.1, 0.15) is 16.7 Å². The molecule has 9 aromatic carbocycles. The summed E-state index contributed by atoms with van der Waals surface area (Å²) in [7, 11) is 0. The van der Waals surface area contributed by atoms with Crippen molar-refractivity contribution in [2.75, 3.05) is 0 Å². The highest BCUT2D eigenvalue weighted by atomic mass is 19.1. The van der Waals surface area contributed by atoms with Gasteiger partial charge in [0.25, 0.3) is 0 Å². The van der Waals surface area contributed by atoms with Gasteiger partial charge in [-0.05, 0) is 62.5 Å². The molecule has 0 amide bonds.